The molecular weight excluding hydrogens is 770 g/mol. The second-order valence-corrected chi connectivity index (χ2v) is 25.4. The van der Waals surface area contributed by atoms with Gasteiger partial charge < -0.3 is 0 Å². The van der Waals surface area contributed by atoms with Gasteiger partial charge in [-0.25, -0.2) is 0 Å². The first-order chi connectivity index (χ1) is 15.4. The van der Waals surface area contributed by atoms with Crippen molar-refractivity contribution in [2.75, 3.05) is 13.2 Å². The molecular formula is C28H28Bi2O. The van der Waals surface area contributed by atoms with Crippen molar-refractivity contribution < 1.29 is 4.74 Å². The van der Waals surface area contributed by atoms with Crippen molar-refractivity contribution in [3.05, 3.63) is 121 Å². The summed E-state index contributed by atoms with van der Waals surface area (Å²) in [6, 6.07) is 44.5. The molecule has 0 aliphatic carbocycles. The molecule has 31 heavy (non-hydrogen) atoms. The monoisotopic (exact) mass is 798 g/mol. The first-order valence-electron chi connectivity index (χ1n) is 10.7. The summed E-state index contributed by atoms with van der Waals surface area (Å²) in [7, 11) is 0. The summed E-state index contributed by atoms with van der Waals surface area (Å²) >= 11 is -4.01. The van der Waals surface area contributed by atoms with Crippen molar-refractivity contribution >= 4 is 56.6 Å². The number of benzene rings is 4. The van der Waals surface area contributed by atoms with Crippen LogP contribution >= 0.6 is 0 Å². The minimum absolute atomic E-state index is 0.878. The van der Waals surface area contributed by atoms with Gasteiger partial charge in [0.1, 0.15) is 0 Å². The number of ether oxygens (including phenoxy) is 1. The fourth-order valence-electron chi connectivity index (χ4n) is 3.66. The Hall–Kier alpha value is -1.39. The summed E-state index contributed by atoms with van der Waals surface area (Å²) in [5.41, 5.74) is 0. The van der Waals surface area contributed by atoms with Crippen LogP contribution in [0.15, 0.2) is 121 Å². The van der Waals surface area contributed by atoms with Crippen molar-refractivity contribution in [1.82, 2.24) is 0 Å². The van der Waals surface area contributed by atoms with Gasteiger partial charge in [-0.3, -0.25) is 0 Å². The van der Waals surface area contributed by atoms with E-state index in [1.54, 1.807) is 13.1 Å². The summed E-state index contributed by atoms with van der Waals surface area (Å²) in [4.78, 5) is 0. The molecule has 0 aliphatic rings. The third-order valence-electron chi connectivity index (χ3n) is 5.19. The summed E-state index contributed by atoms with van der Waals surface area (Å²) in [5.74, 6) is 0. The van der Waals surface area contributed by atoms with Gasteiger partial charge in [0.2, 0.25) is 0 Å². The average molecular weight is 798 g/mol. The fraction of sp³-hybridized carbons (Fsp3) is 0.143. The molecule has 0 heterocycles. The SMILES string of the molecule is c1cc[c]([Bi]([CH2]COC[CH2][Bi]([c]2ccccc2)[c]2ccccc2)[c]2ccccc2)cc1. The van der Waals surface area contributed by atoms with E-state index in [-0.39, 0.29) is 0 Å². The second kappa shape index (κ2) is 12.6. The second-order valence-electron chi connectivity index (χ2n) is 7.26. The van der Waals surface area contributed by atoms with Gasteiger partial charge in [-0.2, -0.15) is 0 Å². The fourth-order valence-corrected chi connectivity index (χ4v) is 20.7. The normalized spacial score (nSPS) is 11.2. The zero-order valence-electron chi connectivity index (χ0n) is 17.7. The molecule has 0 saturated carbocycles. The van der Waals surface area contributed by atoms with Crippen LogP contribution in [0.25, 0.3) is 0 Å². The van der Waals surface area contributed by atoms with Crippen LogP contribution in [0, 0.1) is 0 Å². The van der Waals surface area contributed by atoms with Gasteiger partial charge in [-0.1, -0.05) is 0 Å². The van der Waals surface area contributed by atoms with Crippen LogP contribution < -0.4 is 13.1 Å². The number of hydrogen-bond donors (Lipinski definition) is 0. The van der Waals surface area contributed by atoms with Gasteiger partial charge >= 0.3 is 204 Å². The van der Waals surface area contributed by atoms with Crippen LogP contribution in [0.2, 0.25) is 8.26 Å². The Bertz CT molecular complexity index is 844. The zero-order valence-corrected chi connectivity index (χ0v) is 24.6. The Morgan fingerprint density at radius 2 is 0.645 bits per heavy atom. The van der Waals surface area contributed by atoms with Gasteiger partial charge in [0.25, 0.3) is 0 Å². The van der Waals surface area contributed by atoms with Crippen LogP contribution in [-0.4, -0.2) is 56.7 Å². The van der Waals surface area contributed by atoms with E-state index in [1.165, 1.54) is 8.26 Å². The van der Waals surface area contributed by atoms with Crippen molar-refractivity contribution in [2.24, 2.45) is 0 Å². The molecule has 0 atom stereocenters. The molecule has 0 aromatic heterocycles. The van der Waals surface area contributed by atoms with Crippen LogP contribution in [0.5, 0.6) is 0 Å². The molecule has 0 bridgehead atoms. The van der Waals surface area contributed by atoms with Gasteiger partial charge in [-0.15, -0.1) is 0 Å². The third kappa shape index (κ3) is 6.79. The molecule has 4 rings (SSSR count). The Labute approximate surface area is 202 Å². The Morgan fingerprint density at radius 3 is 0.903 bits per heavy atom. The molecule has 156 valence electrons. The predicted octanol–water partition coefficient (Wildman–Crippen LogP) is 3.62. The predicted molar refractivity (Wildman–Crippen MR) is 136 cm³/mol. The molecule has 0 spiro atoms. The van der Waals surface area contributed by atoms with Crippen LogP contribution in [0.3, 0.4) is 0 Å². The summed E-state index contributed by atoms with van der Waals surface area (Å²) < 4.78 is 15.0. The molecule has 0 amide bonds. The van der Waals surface area contributed by atoms with Gasteiger partial charge in [0.15, 0.2) is 0 Å². The minimum atomic E-state index is -2.00. The Morgan fingerprint density at radius 1 is 0.387 bits per heavy atom. The van der Waals surface area contributed by atoms with E-state index < -0.39 is 43.5 Å². The molecule has 0 fully saturated rings. The third-order valence-corrected chi connectivity index (χ3v) is 24.4. The van der Waals surface area contributed by atoms with Crippen LogP contribution in [-0.2, 0) is 4.74 Å². The molecule has 0 unspecified atom stereocenters. The van der Waals surface area contributed by atoms with Gasteiger partial charge in [-0.05, 0) is 0 Å². The zero-order chi connectivity index (χ0) is 21.1. The number of hydrogen-bond acceptors (Lipinski definition) is 1. The quantitative estimate of drug-likeness (QED) is 0.176. The van der Waals surface area contributed by atoms with Gasteiger partial charge in [0.05, 0.1) is 0 Å². The maximum atomic E-state index is 6.28. The van der Waals surface area contributed by atoms with Gasteiger partial charge in [0, 0.05) is 0 Å². The maximum absolute atomic E-state index is 6.28. The standard InChI is InChI=1S/4C6H5.C4H8O.2Bi/c4*1-2-4-6-5-3-1;1-3-5-4-2;;/h4*1-5H;1-4H2;;. The Kier molecular flexibility index (Phi) is 9.26. The van der Waals surface area contributed by atoms with E-state index in [4.69, 9.17) is 4.74 Å². The summed E-state index contributed by atoms with van der Waals surface area (Å²) in [6.45, 7) is 1.76. The topological polar surface area (TPSA) is 9.23 Å². The molecule has 0 aliphatic heterocycles. The summed E-state index contributed by atoms with van der Waals surface area (Å²) in [6.07, 6.45) is 0. The summed E-state index contributed by atoms with van der Waals surface area (Å²) in [5, 5.41) is 0. The molecule has 4 aromatic carbocycles. The molecule has 1 nitrogen and oxygen atoms in total. The van der Waals surface area contributed by atoms with Crippen molar-refractivity contribution in [3.63, 3.8) is 0 Å². The van der Waals surface area contributed by atoms with Crippen molar-refractivity contribution in [1.29, 1.82) is 0 Å². The van der Waals surface area contributed by atoms with E-state index in [0.29, 0.717) is 0 Å². The van der Waals surface area contributed by atoms with E-state index in [2.05, 4.69) is 121 Å². The van der Waals surface area contributed by atoms with Crippen molar-refractivity contribution in [2.45, 2.75) is 8.26 Å². The van der Waals surface area contributed by atoms with Crippen molar-refractivity contribution in [3.8, 4) is 0 Å². The molecule has 4 aromatic rings. The van der Waals surface area contributed by atoms with E-state index in [0.717, 1.165) is 13.2 Å². The Balaban J connectivity index is 1.37. The van der Waals surface area contributed by atoms with E-state index in [9.17, 15) is 0 Å². The van der Waals surface area contributed by atoms with E-state index >= 15 is 0 Å². The molecule has 0 N–H and O–H groups in total. The first kappa shape index (κ1) is 22.8. The molecule has 3 heteroatoms. The van der Waals surface area contributed by atoms with E-state index in [1.807, 2.05) is 0 Å². The van der Waals surface area contributed by atoms with Crippen LogP contribution in [0.4, 0.5) is 0 Å². The molecule has 0 radical (unpaired) electrons. The average Bonchev–Trinajstić information content (AvgIpc) is 2.86. The molecule has 0 saturated heterocycles. The van der Waals surface area contributed by atoms with Crippen LogP contribution in [0.1, 0.15) is 0 Å². The first-order valence-corrected chi connectivity index (χ1v) is 22.6. The number of rotatable bonds is 10.